The molecule has 0 radical (unpaired) electrons. The third-order valence-electron chi connectivity index (χ3n) is 4.61. The van der Waals surface area contributed by atoms with Crippen LogP contribution in [0.2, 0.25) is 0 Å². The van der Waals surface area contributed by atoms with Crippen LogP contribution in [0.15, 0.2) is 0 Å². The number of likely N-dealkylation sites (N-methyl/N-ethyl adjacent to an activating group) is 1. The smallest absolute Gasteiger partial charge is 0.127 e. The molecule has 0 amide bonds. The van der Waals surface area contributed by atoms with Crippen molar-refractivity contribution in [2.45, 2.75) is 32.2 Å². The van der Waals surface area contributed by atoms with Crippen molar-refractivity contribution in [2.24, 2.45) is 5.41 Å². The summed E-state index contributed by atoms with van der Waals surface area (Å²) in [6.45, 7) is 7.95. The van der Waals surface area contributed by atoms with Crippen LogP contribution >= 0.6 is 0 Å². The summed E-state index contributed by atoms with van der Waals surface area (Å²) >= 11 is 0. The molecular weight excluding hydrogens is 228 g/mol. The van der Waals surface area contributed by atoms with Crippen LogP contribution in [0.1, 0.15) is 26.2 Å². The average molecular weight is 254 g/mol. The van der Waals surface area contributed by atoms with Gasteiger partial charge in [0, 0.05) is 50.8 Å². The minimum absolute atomic E-state index is 0.146. The average Bonchev–Trinajstić information content (AvgIpc) is 2.42. The number of hydrogen-bond donors (Lipinski definition) is 0. The Morgan fingerprint density at radius 2 is 2.06 bits per heavy atom. The predicted molar refractivity (Wildman–Crippen MR) is 71.7 cm³/mol. The first-order valence-electron chi connectivity index (χ1n) is 7.16. The van der Waals surface area contributed by atoms with Crippen molar-refractivity contribution >= 4 is 6.29 Å². The highest BCUT2D eigenvalue weighted by atomic mass is 16.5. The summed E-state index contributed by atoms with van der Waals surface area (Å²) in [7, 11) is 2.20. The fourth-order valence-corrected chi connectivity index (χ4v) is 3.13. The highest BCUT2D eigenvalue weighted by Crippen LogP contribution is 2.30. The van der Waals surface area contributed by atoms with Gasteiger partial charge in [0.25, 0.3) is 0 Å². The van der Waals surface area contributed by atoms with E-state index in [4.69, 9.17) is 4.74 Å². The molecule has 1 atom stereocenters. The van der Waals surface area contributed by atoms with E-state index in [1.165, 1.54) is 12.7 Å². The molecule has 4 heteroatoms. The van der Waals surface area contributed by atoms with Crippen LogP contribution in [0.25, 0.3) is 0 Å². The summed E-state index contributed by atoms with van der Waals surface area (Å²) in [5, 5.41) is 0. The third-order valence-corrected chi connectivity index (χ3v) is 4.61. The monoisotopic (exact) mass is 254 g/mol. The number of carbonyl (C=O) groups is 1. The molecule has 104 valence electrons. The second-order valence-corrected chi connectivity index (χ2v) is 5.87. The maximum Gasteiger partial charge on any atom is 0.127 e. The predicted octanol–water partition coefficient (Wildman–Crippen LogP) is 1.01. The van der Waals surface area contributed by atoms with E-state index in [-0.39, 0.29) is 5.41 Å². The van der Waals surface area contributed by atoms with Crippen LogP contribution in [0.4, 0.5) is 0 Å². The Kier molecular flexibility index (Phi) is 4.76. The van der Waals surface area contributed by atoms with Crippen LogP contribution in [-0.4, -0.2) is 68.6 Å². The highest BCUT2D eigenvalue weighted by Gasteiger charge is 2.36. The molecular formula is C14H26N2O2. The van der Waals surface area contributed by atoms with Gasteiger partial charge in [-0.25, -0.2) is 0 Å². The molecule has 0 aromatic rings. The SMILES string of the molecule is CCC1CN(CC2(C=O)CCOCC2)CCN1C. The Morgan fingerprint density at radius 3 is 2.67 bits per heavy atom. The molecule has 0 aromatic carbocycles. The summed E-state index contributed by atoms with van der Waals surface area (Å²) in [5.41, 5.74) is -0.146. The Morgan fingerprint density at radius 1 is 1.33 bits per heavy atom. The lowest BCUT2D eigenvalue weighted by atomic mass is 9.81. The van der Waals surface area contributed by atoms with Gasteiger partial charge in [-0.3, -0.25) is 4.90 Å². The number of carbonyl (C=O) groups excluding carboxylic acids is 1. The van der Waals surface area contributed by atoms with Crippen LogP contribution < -0.4 is 0 Å². The molecule has 2 aliphatic rings. The summed E-state index contributed by atoms with van der Waals surface area (Å²) in [6.07, 6.45) is 4.15. The van der Waals surface area contributed by atoms with E-state index < -0.39 is 0 Å². The van der Waals surface area contributed by atoms with E-state index in [1.807, 2.05) is 0 Å². The maximum absolute atomic E-state index is 11.5. The van der Waals surface area contributed by atoms with Crippen molar-refractivity contribution in [1.82, 2.24) is 9.80 Å². The summed E-state index contributed by atoms with van der Waals surface area (Å²) in [4.78, 5) is 16.4. The second-order valence-electron chi connectivity index (χ2n) is 5.87. The van der Waals surface area contributed by atoms with Gasteiger partial charge in [0.05, 0.1) is 0 Å². The van der Waals surface area contributed by atoms with Gasteiger partial charge in [0.1, 0.15) is 6.29 Å². The molecule has 1 unspecified atom stereocenters. The molecule has 0 aromatic heterocycles. The van der Waals surface area contributed by atoms with E-state index in [2.05, 4.69) is 23.8 Å². The molecule has 2 heterocycles. The first kappa shape index (κ1) is 14.0. The molecule has 2 saturated heterocycles. The largest absolute Gasteiger partial charge is 0.381 e. The van der Waals surface area contributed by atoms with E-state index in [1.54, 1.807) is 0 Å². The van der Waals surface area contributed by atoms with Gasteiger partial charge in [-0.2, -0.15) is 0 Å². The van der Waals surface area contributed by atoms with Crippen molar-refractivity contribution in [3.05, 3.63) is 0 Å². The standard InChI is InChI=1S/C14H26N2O2/c1-3-13-10-16(7-6-15(13)2)11-14(12-17)4-8-18-9-5-14/h12-13H,3-11H2,1-2H3. The fraction of sp³-hybridized carbons (Fsp3) is 0.929. The van der Waals surface area contributed by atoms with Crippen molar-refractivity contribution in [2.75, 3.05) is 46.4 Å². The highest BCUT2D eigenvalue weighted by molar-refractivity contribution is 5.60. The van der Waals surface area contributed by atoms with Crippen molar-refractivity contribution in [3.63, 3.8) is 0 Å². The molecule has 4 nitrogen and oxygen atoms in total. The number of aldehydes is 1. The van der Waals surface area contributed by atoms with Gasteiger partial charge >= 0.3 is 0 Å². The Labute approximate surface area is 110 Å². The van der Waals surface area contributed by atoms with E-state index in [0.717, 1.165) is 52.2 Å². The molecule has 2 rings (SSSR count). The van der Waals surface area contributed by atoms with E-state index in [0.29, 0.717) is 6.04 Å². The normalized spacial score (nSPS) is 30.2. The third kappa shape index (κ3) is 3.11. The van der Waals surface area contributed by atoms with Crippen LogP contribution in [0, 0.1) is 5.41 Å². The van der Waals surface area contributed by atoms with Crippen LogP contribution in [0.5, 0.6) is 0 Å². The molecule has 0 saturated carbocycles. The zero-order valence-corrected chi connectivity index (χ0v) is 11.7. The number of ether oxygens (including phenoxy) is 1. The Balaban J connectivity index is 1.93. The summed E-state index contributed by atoms with van der Waals surface area (Å²) in [5.74, 6) is 0. The van der Waals surface area contributed by atoms with Gasteiger partial charge in [-0.1, -0.05) is 6.92 Å². The zero-order valence-electron chi connectivity index (χ0n) is 11.7. The minimum atomic E-state index is -0.146. The quantitative estimate of drug-likeness (QED) is 0.701. The Bertz CT molecular complexity index is 277. The fourth-order valence-electron chi connectivity index (χ4n) is 3.13. The summed E-state index contributed by atoms with van der Waals surface area (Å²) < 4.78 is 5.39. The topological polar surface area (TPSA) is 32.8 Å². The molecule has 2 fully saturated rings. The van der Waals surface area contributed by atoms with Gasteiger partial charge in [-0.15, -0.1) is 0 Å². The van der Waals surface area contributed by atoms with Crippen molar-refractivity contribution in [3.8, 4) is 0 Å². The lowest BCUT2D eigenvalue weighted by Gasteiger charge is -2.43. The molecule has 18 heavy (non-hydrogen) atoms. The number of nitrogens with zero attached hydrogens (tertiary/aromatic N) is 2. The van der Waals surface area contributed by atoms with Crippen molar-refractivity contribution in [1.29, 1.82) is 0 Å². The van der Waals surface area contributed by atoms with Gasteiger partial charge in [-0.05, 0) is 26.3 Å². The van der Waals surface area contributed by atoms with Gasteiger partial charge in [0.2, 0.25) is 0 Å². The number of hydrogen-bond acceptors (Lipinski definition) is 4. The van der Waals surface area contributed by atoms with E-state index in [9.17, 15) is 4.79 Å². The lowest BCUT2D eigenvalue weighted by Crippen LogP contribution is -2.54. The minimum Gasteiger partial charge on any atom is -0.381 e. The Hall–Kier alpha value is -0.450. The molecule has 2 aliphatic heterocycles. The molecule has 0 bridgehead atoms. The second kappa shape index (κ2) is 6.13. The van der Waals surface area contributed by atoms with Gasteiger partial charge in [0.15, 0.2) is 0 Å². The van der Waals surface area contributed by atoms with Gasteiger partial charge < -0.3 is 14.4 Å². The zero-order chi connectivity index (χ0) is 13.0. The lowest BCUT2D eigenvalue weighted by molar-refractivity contribution is -0.123. The first-order valence-corrected chi connectivity index (χ1v) is 7.16. The molecule has 0 spiro atoms. The maximum atomic E-state index is 11.5. The first-order chi connectivity index (χ1) is 8.69. The van der Waals surface area contributed by atoms with Crippen molar-refractivity contribution < 1.29 is 9.53 Å². The molecule has 0 aliphatic carbocycles. The number of piperazine rings is 1. The van der Waals surface area contributed by atoms with Crippen LogP contribution in [0.3, 0.4) is 0 Å². The van der Waals surface area contributed by atoms with E-state index >= 15 is 0 Å². The number of rotatable bonds is 4. The molecule has 0 N–H and O–H groups in total. The van der Waals surface area contributed by atoms with Crippen LogP contribution in [-0.2, 0) is 9.53 Å². The summed E-state index contributed by atoms with van der Waals surface area (Å²) in [6, 6.07) is 0.641.